The van der Waals surface area contributed by atoms with Crippen molar-refractivity contribution in [2.45, 2.75) is 38.1 Å². The Morgan fingerprint density at radius 2 is 2.20 bits per heavy atom. The van der Waals surface area contributed by atoms with E-state index in [-0.39, 0.29) is 11.5 Å². The normalized spacial score (nSPS) is 25.9. The number of carboxylic acid groups (broad SMARTS) is 1. The Morgan fingerprint density at radius 1 is 1.55 bits per heavy atom. The molecule has 1 aromatic heterocycles. The number of rotatable bonds is 4. The first kappa shape index (κ1) is 14.2. The summed E-state index contributed by atoms with van der Waals surface area (Å²) in [6.45, 7) is 2.08. The molecule has 1 aliphatic rings. The van der Waals surface area contributed by atoms with Crippen LogP contribution in [0.3, 0.4) is 0 Å². The zero-order valence-electron chi connectivity index (χ0n) is 11.2. The molecule has 0 aliphatic heterocycles. The lowest BCUT2D eigenvalue weighted by atomic mass is 9.77. The molecule has 20 heavy (non-hydrogen) atoms. The van der Waals surface area contributed by atoms with Crippen molar-refractivity contribution in [1.29, 1.82) is 0 Å². The minimum atomic E-state index is -1.16. The third-order valence-electron chi connectivity index (χ3n) is 3.88. The fourth-order valence-corrected chi connectivity index (χ4v) is 2.51. The molecule has 0 amide bonds. The number of aliphatic carboxylic acids is 1. The molecular formula is C13H17N3O4. The number of nitrogens with one attached hydrogen (secondary N) is 1. The van der Waals surface area contributed by atoms with Crippen LogP contribution in [0.5, 0.6) is 0 Å². The molecule has 2 N–H and O–H groups in total. The van der Waals surface area contributed by atoms with Gasteiger partial charge in [-0.25, -0.2) is 9.78 Å². The van der Waals surface area contributed by atoms with E-state index in [1.54, 1.807) is 0 Å². The van der Waals surface area contributed by atoms with E-state index in [2.05, 4.69) is 17.2 Å². The van der Waals surface area contributed by atoms with E-state index in [9.17, 15) is 20.0 Å². The van der Waals surface area contributed by atoms with E-state index < -0.39 is 16.4 Å². The molecule has 1 aromatic rings. The van der Waals surface area contributed by atoms with Crippen molar-refractivity contribution in [2.24, 2.45) is 5.92 Å². The molecule has 1 fully saturated rings. The van der Waals surface area contributed by atoms with Crippen LogP contribution in [-0.2, 0) is 4.79 Å². The van der Waals surface area contributed by atoms with Crippen LogP contribution < -0.4 is 5.32 Å². The van der Waals surface area contributed by atoms with Crippen molar-refractivity contribution in [2.75, 3.05) is 5.32 Å². The maximum absolute atomic E-state index is 11.6. The molecule has 2 rings (SSSR count). The predicted molar refractivity (Wildman–Crippen MR) is 72.5 cm³/mol. The molecule has 7 heteroatoms. The monoisotopic (exact) mass is 279 g/mol. The number of hydrogen-bond donors (Lipinski definition) is 2. The average molecular weight is 279 g/mol. The average Bonchev–Trinajstić information content (AvgIpc) is 2.41. The molecule has 7 nitrogen and oxygen atoms in total. The molecule has 0 spiro atoms. The smallest absolute Gasteiger partial charge is 0.329 e. The first-order valence-electron chi connectivity index (χ1n) is 6.55. The summed E-state index contributed by atoms with van der Waals surface area (Å²) in [5, 5.41) is 23.3. The van der Waals surface area contributed by atoms with Crippen LogP contribution in [0.15, 0.2) is 18.3 Å². The lowest BCUT2D eigenvalue weighted by Crippen LogP contribution is -2.49. The molecule has 1 saturated carbocycles. The standard InChI is InChI=1S/C13H17N3O4/c1-9-4-6-13(7-5-9,12(17)18)15-11-10(16(19)20)3-2-8-14-11/h2-3,8-9H,4-7H2,1H3,(H,14,15)(H,17,18). The maximum Gasteiger partial charge on any atom is 0.329 e. The van der Waals surface area contributed by atoms with Crippen molar-refractivity contribution >= 4 is 17.5 Å². The van der Waals surface area contributed by atoms with E-state index >= 15 is 0 Å². The predicted octanol–water partition coefficient (Wildman–Crippen LogP) is 2.44. The Hall–Kier alpha value is -2.18. The van der Waals surface area contributed by atoms with E-state index in [0.717, 1.165) is 12.8 Å². The summed E-state index contributed by atoms with van der Waals surface area (Å²) in [6.07, 6.45) is 3.85. The number of pyridine rings is 1. The van der Waals surface area contributed by atoms with E-state index in [1.165, 1.54) is 18.3 Å². The second-order valence-corrected chi connectivity index (χ2v) is 5.32. The van der Waals surface area contributed by atoms with Crippen molar-refractivity contribution in [3.63, 3.8) is 0 Å². The third kappa shape index (κ3) is 2.71. The fraction of sp³-hybridized carbons (Fsp3) is 0.538. The van der Waals surface area contributed by atoms with Crippen LogP contribution in [-0.4, -0.2) is 26.5 Å². The lowest BCUT2D eigenvalue weighted by molar-refractivity contribution is -0.384. The number of hydrogen-bond acceptors (Lipinski definition) is 5. The Bertz CT molecular complexity index is 524. The van der Waals surface area contributed by atoms with Crippen LogP contribution in [0.2, 0.25) is 0 Å². The van der Waals surface area contributed by atoms with Gasteiger partial charge in [-0.2, -0.15) is 0 Å². The summed E-state index contributed by atoms with van der Waals surface area (Å²) in [5.74, 6) is -0.484. The molecule has 0 bridgehead atoms. The quantitative estimate of drug-likeness (QED) is 0.647. The molecule has 0 aromatic carbocycles. The highest BCUT2D eigenvalue weighted by atomic mass is 16.6. The molecule has 1 aliphatic carbocycles. The molecule has 0 atom stereocenters. The van der Waals surface area contributed by atoms with E-state index in [4.69, 9.17) is 0 Å². The van der Waals surface area contributed by atoms with Crippen molar-refractivity contribution < 1.29 is 14.8 Å². The Labute approximate surface area is 116 Å². The second kappa shape index (κ2) is 5.44. The number of carbonyl (C=O) groups is 1. The van der Waals surface area contributed by atoms with Gasteiger partial charge in [0.05, 0.1) is 4.92 Å². The first-order valence-corrected chi connectivity index (χ1v) is 6.55. The number of nitrogens with zero attached hydrogens (tertiary/aromatic N) is 2. The Kier molecular flexibility index (Phi) is 3.87. The number of aromatic nitrogens is 1. The van der Waals surface area contributed by atoms with Gasteiger partial charge in [0.1, 0.15) is 5.54 Å². The van der Waals surface area contributed by atoms with Gasteiger partial charge < -0.3 is 10.4 Å². The number of carboxylic acids is 1. The Balaban J connectivity index is 2.30. The van der Waals surface area contributed by atoms with Crippen molar-refractivity contribution in [1.82, 2.24) is 4.98 Å². The minimum Gasteiger partial charge on any atom is -0.480 e. The third-order valence-corrected chi connectivity index (χ3v) is 3.88. The second-order valence-electron chi connectivity index (χ2n) is 5.32. The van der Waals surface area contributed by atoms with Crippen LogP contribution >= 0.6 is 0 Å². The van der Waals surface area contributed by atoms with Gasteiger partial charge >= 0.3 is 11.7 Å². The molecule has 1 heterocycles. The highest BCUT2D eigenvalue weighted by molar-refractivity contribution is 5.83. The van der Waals surface area contributed by atoms with E-state index in [0.29, 0.717) is 18.8 Å². The SMILES string of the molecule is CC1CCC(Nc2ncccc2[N+](=O)[O-])(C(=O)O)CC1. The summed E-state index contributed by atoms with van der Waals surface area (Å²) in [4.78, 5) is 25.9. The van der Waals surface area contributed by atoms with Crippen LogP contribution in [0.1, 0.15) is 32.6 Å². The largest absolute Gasteiger partial charge is 0.480 e. The van der Waals surface area contributed by atoms with Gasteiger partial charge in [-0.1, -0.05) is 6.92 Å². The summed E-state index contributed by atoms with van der Waals surface area (Å²) >= 11 is 0. The summed E-state index contributed by atoms with van der Waals surface area (Å²) in [5.41, 5.74) is -1.36. The van der Waals surface area contributed by atoms with Gasteiger partial charge in [-0.3, -0.25) is 10.1 Å². The van der Waals surface area contributed by atoms with Crippen molar-refractivity contribution in [3.8, 4) is 0 Å². The van der Waals surface area contributed by atoms with E-state index in [1.807, 2.05) is 0 Å². The topological polar surface area (TPSA) is 105 Å². The van der Waals surface area contributed by atoms with Gasteiger partial charge in [0, 0.05) is 12.3 Å². The van der Waals surface area contributed by atoms with Gasteiger partial charge in [0.25, 0.3) is 0 Å². The maximum atomic E-state index is 11.6. The van der Waals surface area contributed by atoms with Gasteiger partial charge in [-0.15, -0.1) is 0 Å². The summed E-state index contributed by atoms with van der Waals surface area (Å²) in [6, 6.07) is 2.77. The lowest BCUT2D eigenvalue weighted by Gasteiger charge is -2.36. The highest BCUT2D eigenvalue weighted by Crippen LogP contribution is 2.36. The Morgan fingerprint density at radius 3 is 2.75 bits per heavy atom. The molecule has 0 saturated heterocycles. The highest BCUT2D eigenvalue weighted by Gasteiger charge is 2.42. The van der Waals surface area contributed by atoms with Crippen molar-refractivity contribution in [3.05, 3.63) is 28.4 Å². The molecule has 108 valence electrons. The number of anilines is 1. The van der Waals surface area contributed by atoms with Crippen LogP contribution in [0.25, 0.3) is 0 Å². The van der Waals surface area contributed by atoms with Crippen LogP contribution in [0.4, 0.5) is 11.5 Å². The zero-order valence-corrected chi connectivity index (χ0v) is 11.2. The zero-order chi connectivity index (χ0) is 14.8. The first-order chi connectivity index (χ1) is 9.44. The van der Waals surface area contributed by atoms with Gasteiger partial charge in [0.2, 0.25) is 5.82 Å². The summed E-state index contributed by atoms with van der Waals surface area (Å²) in [7, 11) is 0. The molecule has 0 unspecified atom stereocenters. The molecule has 0 radical (unpaired) electrons. The fourth-order valence-electron chi connectivity index (χ4n) is 2.51. The minimum absolute atomic E-state index is 0.0226. The molecular weight excluding hydrogens is 262 g/mol. The summed E-state index contributed by atoms with van der Waals surface area (Å²) < 4.78 is 0. The van der Waals surface area contributed by atoms with Gasteiger partial charge in [0.15, 0.2) is 0 Å². The van der Waals surface area contributed by atoms with Crippen LogP contribution in [0, 0.1) is 16.0 Å². The number of nitro groups is 1. The van der Waals surface area contributed by atoms with Gasteiger partial charge in [-0.05, 0) is 37.7 Å².